The molecule has 3 N–H and O–H groups in total. The van der Waals surface area contributed by atoms with Crippen LogP contribution in [0.1, 0.15) is 31.6 Å². The summed E-state index contributed by atoms with van der Waals surface area (Å²) in [5, 5.41) is 30.0. The minimum atomic E-state index is -1.37. The lowest BCUT2D eigenvalue weighted by Gasteiger charge is -2.18. The van der Waals surface area contributed by atoms with Crippen molar-refractivity contribution in [2.45, 2.75) is 57.4 Å². The second-order valence-electron chi connectivity index (χ2n) is 7.72. The lowest BCUT2D eigenvalue weighted by molar-refractivity contribution is -0.0509. The van der Waals surface area contributed by atoms with Crippen molar-refractivity contribution in [3.8, 4) is 0 Å². The van der Waals surface area contributed by atoms with Gasteiger partial charge in [0, 0.05) is 6.54 Å². The molecule has 10 heteroatoms. The average Bonchev–Trinajstić information content (AvgIpc) is 3.33. The van der Waals surface area contributed by atoms with E-state index in [1.807, 2.05) is 37.3 Å². The lowest BCUT2D eigenvalue weighted by Crippen LogP contribution is -2.41. The van der Waals surface area contributed by atoms with Crippen molar-refractivity contribution in [1.82, 2.24) is 18.7 Å². The van der Waals surface area contributed by atoms with Crippen molar-refractivity contribution in [2.24, 2.45) is 0 Å². The maximum atomic E-state index is 13.4. The first-order valence-corrected chi connectivity index (χ1v) is 10.3. The van der Waals surface area contributed by atoms with Crippen molar-refractivity contribution in [1.29, 1.82) is 0 Å². The zero-order valence-electron chi connectivity index (χ0n) is 17.2. The molecule has 0 saturated carbocycles. The van der Waals surface area contributed by atoms with Crippen LogP contribution in [0.2, 0.25) is 0 Å². The van der Waals surface area contributed by atoms with Crippen molar-refractivity contribution >= 4 is 11.2 Å². The molecule has 1 aliphatic heterocycles. The Bertz CT molecular complexity index is 1170. The van der Waals surface area contributed by atoms with Gasteiger partial charge in [-0.2, -0.15) is 0 Å². The second-order valence-corrected chi connectivity index (χ2v) is 7.72. The van der Waals surface area contributed by atoms with Gasteiger partial charge >= 0.3 is 5.69 Å². The van der Waals surface area contributed by atoms with Gasteiger partial charge in [0.15, 0.2) is 17.4 Å². The highest BCUT2D eigenvalue weighted by atomic mass is 16.6. The van der Waals surface area contributed by atoms with E-state index in [2.05, 4.69) is 4.98 Å². The molecule has 0 bridgehead atoms. The van der Waals surface area contributed by atoms with E-state index < -0.39 is 42.4 Å². The van der Waals surface area contributed by atoms with E-state index in [-0.39, 0.29) is 17.7 Å². The molecule has 0 aliphatic carbocycles. The fourth-order valence-electron chi connectivity index (χ4n) is 3.93. The molecule has 3 aromatic rings. The van der Waals surface area contributed by atoms with Crippen LogP contribution in [0.4, 0.5) is 0 Å². The molecule has 4 atom stereocenters. The number of fused-ring (bicyclic) bond motifs is 1. The monoisotopic (exact) mass is 430 g/mol. The van der Waals surface area contributed by atoms with Gasteiger partial charge in [-0.25, -0.2) is 9.78 Å². The van der Waals surface area contributed by atoms with E-state index in [1.165, 1.54) is 15.5 Å². The van der Waals surface area contributed by atoms with E-state index in [9.17, 15) is 24.9 Å². The van der Waals surface area contributed by atoms with Crippen molar-refractivity contribution in [2.75, 3.05) is 6.61 Å². The highest BCUT2D eigenvalue weighted by molar-refractivity contribution is 5.70. The molecule has 0 radical (unpaired) electrons. The number of ether oxygens (including phenoxy) is 1. The summed E-state index contributed by atoms with van der Waals surface area (Å²) in [4.78, 5) is 30.9. The maximum Gasteiger partial charge on any atom is 0.333 e. The van der Waals surface area contributed by atoms with Gasteiger partial charge in [-0.15, -0.1) is 0 Å². The van der Waals surface area contributed by atoms with Gasteiger partial charge < -0.3 is 20.1 Å². The summed E-state index contributed by atoms with van der Waals surface area (Å²) in [6.07, 6.45) is -1.90. The van der Waals surface area contributed by atoms with E-state index >= 15 is 0 Å². The predicted molar refractivity (Wildman–Crippen MR) is 112 cm³/mol. The molecule has 4 rings (SSSR count). The van der Waals surface area contributed by atoms with Crippen LogP contribution >= 0.6 is 0 Å². The predicted octanol–water partition coefficient (Wildman–Crippen LogP) is -0.180. The zero-order valence-corrected chi connectivity index (χ0v) is 17.2. The fraction of sp³-hybridized carbons (Fsp3) is 0.476. The van der Waals surface area contributed by atoms with Gasteiger partial charge in [0.25, 0.3) is 5.56 Å². The summed E-state index contributed by atoms with van der Waals surface area (Å²) in [7, 11) is 0. The molecule has 1 fully saturated rings. The average molecular weight is 430 g/mol. The topological polar surface area (TPSA) is 132 Å². The van der Waals surface area contributed by atoms with Gasteiger partial charge in [0.1, 0.15) is 18.3 Å². The van der Waals surface area contributed by atoms with Crippen molar-refractivity contribution in [3.63, 3.8) is 0 Å². The van der Waals surface area contributed by atoms with E-state index in [4.69, 9.17) is 4.74 Å². The first-order chi connectivity index (χ1) is 15.0. The largest absolute Gasteiger partial charge is 0.394 e. The molecule has 2 aromatic heterocycles. The fourth-order valence-corrected chi connectivity index (χ4v) is 3.93. The molecule has 1 saturated heterocycles. The summed E-state index contributed by atoms with van der Waals surface area (Å²) in [5.41, 5.74) is 0.0714. The Balaban J connectivity index is 1.90. The summed E-state index contributed by atoms with van der Waals surface area (Å²) >= 11 is 0. The first kappa shape index (κ1) is 21.4. The smallest absolute Gasteiger partial charge is 0.333 e. The van der Waals surface area contributed by atoms with Crippen LogP contribution in [0, 0.1) is 0 Å². The Labute approximate surface area is 177 Å². The number of aliphatic hydroxyl groups is 3. The van der Waals surface area contributed by atoms with Crippen LogP contribution in [0.3, 0.4) is 0 Å². The first-order valence-electron chi connectivity index (χ1n) is 10.3. The summed E-state index contributed by atoms with van der Waals surface area (Å²) in [6.45, 7) is 1.98. The highest BCUT2D eigenvalue weighted by Gasteiger charge is 2.44. The lowest BCUT2D eigenvalue weighted by atomic mass is 10.1. The molecule has 0 unspecified atom stereocenters. The van der Waals surface area contributed by atoms with Gasteiger partial charge in [0.05, 0.1) is 19.5 Å². The summed E-state index contributed by atoms with van der Waals surface area (Å²) in [5.74, 6) is 0. The summed E-state index contributed by atoms with van der Waals surface area (Å²) < 4.78 is 9.53. The van der Waals surface area contributed by atoms with Crippen molar-refractivity contribution in [3.05, 3.63) is 63.1 Å². The normalized spacial score (nSPS) is 23.6. The Morgan fingerprint density at radius 1 is 1.10 bits per heavy atom. The SMILES string of the molecule is CCCCn1c(=O)n(Cc2ccccc2)c(=O)c2c1ncn2[C@@H]1O[C@H](CO)[C@@H](O)[C@H]1O. The Hall–Kier alpha value is -2.79. The molecular weight excluding hydrogens is 404 g/mol. The van der Waals surface area contributed by atoms with Gasteiger partial charge in [-0.3, -0.25) is 18.5 Å². The van der Waals surface area contributed by atoms with E-state index in [0.717, 1.165) is 23.0 Å². The molecule has 0 spiro atoms. The number of hydrogen-bond donors (Lipinski definition) is 3. The van der Waals surface area contributed by atoms with Gasteiger partial charge in [-0.05, 0) is 12.0 Å². The zero-order chi connectivity index (χ0) is 22.1. The molecule has 1 aliphatic rings. The standard InChI is InChI=1S/C21H26N4O6/c1-2-3-9-23-18-15(19(29)24(21(23)30)10-13-7-5-4-6-8-13)25(12-22-18)20-17(28)16(27)14(11-26)31-20/h4-8,12,14,16-17,20,26-28H,2-3,9-11H2,1H3/t14-,16-,17-,20-/m1/s1. The van der Waals surface area contributed by atoms with Crippen LogP contribution in [0.5, 0.6) is 0 Å². The Kier molecular flexibility index (Phi) is 6.05. The quantitative estimate of drug-likeness (QED) is 0.474. The number of hydrogen-bond acceptors (Lipinski definition) is 7. The Morgan fingerprint density at radius 2 is 1.84 bits per heavy atom. The molecule has 1 aromatic carbocycles. The van der Waals surface area contributed by atoms with Gasteiger partial charge in [-0.1, -0.05) is 43.7 Å². The van der Waals surface area contributed by atoms with Crippen LogP contribution in [0.15, 0.2) is 46.2 Å². The molecular formula is C21H26N4O6. The van der Waals surface area contributed by atoms with E-state index in [0.29, 0.717) is 6.54 Å². The number of nitrogens with zero attached hydrogens (tertiary/aromatic N) is 4. The Morgan fingerprint density at radius 3 is 2.48 bits per heavy atom. The molecule has 31 heavy (non-hydrogen) atoms. The number of aryl methyl sites for hydroxylation is 1. The molecule has 3 heterocycles. The van der Waals surface area contributed by atoms with Crippen LogP contribution in [-0.2, 0) is 17.8 Å². The van der Waals surface area contributed by atoms with Crippen LogP contribution in [0.25, 0.3) is 11.2 Å². The van der Waals surface area contributed by atoms with E-state index in [1.54, 1.807) is 0 Å². The van der Waals surface area contributed by atoms with Crippen LogP contribution in [-0.4, -0.2) is 58.9 Å². The highest BCUT2D eigenvalue weighted by Crippen LogP contribution is 2.30. The number of aromatic nitrogens is 4. The second kappa shape index (κ2) is 8.75. The maximum absolute atomic E-state index is 13.4. The third-order valence-electron chi connectivity index (χ3n) is 5.65. The van der Waals surface area contributed by atoms with Crippen LogP contribution < -0.4 is 11.2 Å². The molecule has 10 nitrogen and oxygen atoms in total. The summed E-state index contributed by atoms with van der Waals surface area (Å²) in [6, 6.07) is 9.17. The third-order valence-corrected chi connectivity index (χ3v) is 5.65. The van der Waals surface area contributed by atoms with Crippen molar-refractivity contribution < 1.29 is 20.1 Å². The number of unbranched alkanes of at least 4 members (excludes halogenated alkanes) is 1. The third kappa shape index (κ3) is 3.72. The number of rotatable bonds is 7. The number of aliphatic hydroxyl groups excluding tert-OH is 3. The number of imidazole rings is 1. The molecule has 166 valence electrons. The minimum Gasteiger partial charge on any atom is -0.394 e. The minimum absolute atomic E-state index is 0.0850. The van der Waals surface area contributed by atoms with Gasteiger partial charge in [0.2, 0.25) is 0 Å². The molecule has 0 amide bonds. The number of benzene rings is 1.